The fourth-order valence-electron chi connectivity index (χ4n) is 3.88. The van der Waals surface area contributed by atoms with Crippen molar-refractivity contribution in [2.24, 2.45) is 11.8 Å². The summed E-state index contributed by atoms with van der Waals surface area (Å²) in [6.07, 6.45) is 3.50. The normalized spacial score (nSPS) is 21.8. The monoisotopic (exact) mass is 372 g/mol. The topological polar surface area (TPSA) is 92.8 Å². The van der Waals surface area contributed by atoms with E-state index in [2.05, 4.69) is 10.1 Å². The first kappa shape index (κ1) is 19.1. The van der Waals surface area contributed by atoms with Crippen molar-refractivity contribution in [1.82, 2.24) is 4.90 Å². The number of nitrogens with zero attached hydrogens (tertiary/aromatic N) is 1. The summed E-state index contributed by atoms with van der Waals surface area (Å²) in [5.74, 6) is -1.47. The number of imide groups is 1. The molecular formula is C20H24N2O5. The van der Waals surface area contributed by atoms with Crippen LogP contribution in [0.2, 0.25) is 0 Å². The number of esters is 1. The number of fused-ring (bicyclic) bond motifs is 1. The molecule has 1 aromatic carbocycles. The molecule has 3 rings (SSSR count). The first-order valence-corrected chi connectivity index (χ1v) is 9.26. The van der Waals surface area contributed by atoms with Gasteiger partial charge in [0.15, 0.2) is 0 Å². The molecule has 144 valence electrons. The zero-order valence-electron chi connectivity index (χ0n) is 15.6. The lowest BCUT2D eigenvalue weighted by molar-refractivity contribution is -0.140. The van der Waals surface area contributed by atoms with Gasteiger partial charge in [0, 0.05) is 18.7 Å². The Labute approximate surface area is 158 Å². The highest BCUT2D eigenvalue weighted by molar-refractivity contribution is 6.05. The van der Waals surface area contributed by atoms with Gasteiger partial charge in [0.2, 0.25) is 17.7 Å². The third-order valence-electron chi connectivity index (χ3n) is 5.43. The Bertz CT molecular complexity index is 765. The van der Waals surface area contributed by atoms with Gasteiger partial charge >= 0.3 is 5.97 Å². The average molecular weight is 372 g/mol. The lowest BCUT2D eigenvalue weighted by atomic mass is 9.81. The number of hydrogen-bond acceptors (Lipinski definition) is 5. The summed E-state index contributed by atoms with van der Waals surface area (Å²) in [6, 6.07) is 4.90. The summed E-state index contributed by atoms with van der Waals surface area (Å²) in [4.78, 5) is 50.1. The van der Waals surface area contributed by atoms with Gasteiger partial charge in [0.25, 0.3) is 0 Å². The molecule has 0 bridgehead atoms. The highest BCUT2D eigenvalue weighted by Gasteiger charge is 2.47. The van der Waals surface area contributed by atoms with Crippen molar-refractivity contribution >= 4 is 29.4 Å². The number of ether oxygens (including phenoxy) is 1. The number of anilines is 1. The fraction of sp³-hybridized carbons (Fsp3) is 0.500. The van der Waals surface area contributed by atoms with Gasteiger partial charge in [-0.3, -0.25) is 19.3 Å². The summed E-state index contributed by atoms with van der Waals surface area (Å²) >= 11 is 0. The highest BCUT2D eigenvalue weighted by atomic mass is 16.5. The number of likely N-dealkylation sites (tertiary alicyclic amines) is 1. The van der Waals surface area contributed by atoms with Crippen molar-refractivity contribution in [2.75, 3.05) is 19.0 Å². The lowest BCUT2D eigenvalue weighted by Crippen LogP contribution is -2.34. The molecule has 1 aromatic rings. The molecule has 1 aliphatic carbocycles. The SMILES string of the molecule is COC(=O)c1ccc(C)c(NC(=O)CCN2C(=O)[C@H]3CCCC[C@@H]3C2=O)c1. The van der Waals surface area contributed by atoms with Gasteiger partial charge in [0.1, 0.15) is 0 Å². The number of benzene rings is 1. The van der Waals surface area contributed by atoms with Gasteiger partial charge in [-0.1, -0.05) is 18.9 Å². The van der Waals surface area contributed by atoms with Crippen LogP contribution < -0.4 is 5.32 Å². The first-order valence-electron chi connectivity index (χ1n) is 9.26. The molecule has 1 heterocycles. The molecule has 1 aliphatic heterocycles. The van der Waals surface area contributed by atoms with Crippen molar-refractivity contribution in [3.63, 3.8) is 0 Å². The summed E-state index contributed by atoms with van der Waals surface area (Å²) in [7, 11) is 1.29. The number of aryl methyl sites for hydroxylation is 1. The van der Waals surface area contributed by atoms with E-state index in [1.54, 1.807) is 18.2 Å². The van der Waals surface area contributed by atoms with E-state index < -0.39 is 5.97 Å². The Morgan fingerprint density at radius 2 is 1.78 bits per heavy atom. The van der Waals surface area contributed by atoms with Crippen LogP contribution >= 0.6 is 0 Å². The smallest absolute Gasteiger partial charge is 0.337 e. The van der Waals surface area contributed by atoms with Gasteiger partial charge in [-0.2, -0.15) is 0 Å². The molecule has 1 saturated carbocycles. The third-order valence-corrected chi connectivity index (χ3v) is 5.43. The predicted octanol–water partition coefficient (Wildman–Crippen LogP) is 2.29. The molecular weight excluding hydrogens is 348 g/mol. The number of nitrogens with one attached hydrogen (secondary N) is 1. The summed E-state index contributed by atoms with van der Waals surface area (Å²) in [5, 5.41) is 2.75. The van der Waals surface area contributed by atoms with Crippen LogP contribution in [0.15, 0.2) is 18.2 Å². The summed E-state index contributed by atoms with van der Waals surface area (Å²) in [5.41, 5.74) is 1.65. The Balaban J connectivity index is 1.61. The molecule has 7 heteroatoms. The van der Waals surface area contributed by atoms with Crippen LogP contribution in [0.1, 0.15) is 48.0 Å². The van der Waals surface area contributed by atoms with Gasteiger partial charge < -0.3 is 10.1 Å². The van der Waals surface area contributed by atoms with Crippen LogP contribution in [0.4, 0.5) is 5.69 Å². The minimum Gasteiger partial charge on any atom is -0.465 e. The van der Waals surface area contributed by atoms with Crippen LogP contribution in [0.3, 0.4) is 0 Å². The lowest BCUT2D eigenvalue weighted by Gasteiger charge is -2.19. The van der Waals surface area contributed by atoms with E-state index in [1.165, 1.54) is 12.0 Å². The van der Waals surface area contributed by atoms with E-state index in [-0.39, 0.29) is 42.5 Å². The molecule has 2 fully saturated rings. The van der Waals surface area contributed by atoms with E-state index in [1.807, 2.05) is 6.92 Å². The van der Waals surface area contributed by atoms with Gasteiger partial charge in [-0.05, 0) is 37.5 Å². The van der Waals surface area contributed by atoms with Crippen molar-refractivity contribution in [1.29, 1.82) is 0 Å². The van der Waals surface area contributed by atoms with Gasteiger partial charge in [-0.25, -0.2) is 4.79 Å². The average Bonchev–Trinajstić information content (AvgIpc) is 2.92. The first-order chi connectivity index (χ1) is 12.9. The second kappa shape index (κ2) is 7.90. The maximum Gasteiger partial charge on any atom is 0.337 e. The Morgan fingerprint density at radius 3 is 2.37 bits per heavy atom. The molecule has 27 heavy (non-hydrogen) atoms. The van der Waals surface area contributed by atoms with Gasteiger partial charge in [0.05, 0.1) is 24.5 Å². The molecule has 7 nitrogen and oxygen atoms in total. The third kappa shape index (κ3) is 3.86. The molecule has 0 radical (unpaired) electrons. The number of carbonyl (C=O) groups excluding carboxylic acids is 4. The molecule has 0 aromatic heterocycles. The zero-order valence-corrected chi connectivity index (χ0v) is 15.6. The van der Waals surface area contributed by atoms with Crippen LogP contribution in [-0.2, 0) is 19.1 Å². The second-order valence-electron chi connectivity index (χ2n) is 7.15. The maximum absolute atomic E-state index is 12.4. The fourth-order valence-corrected chi connectivity index (χ4v) is 3.88. The number of rotatable bonds is 5. The van der Waals surface area contributed by atoms with E-state index >= 15 is 0 Å². The molecule has 2 aliphatic rings. The van der Waals surface area contributed by atoms with Gasteiger partial charge in [-0.15, -0.1) is 0 Å². The molecule has 0 unspecified atom stereocenters. The van der Waals surface area contributed by atoms with E-state index in [9.17, 15) is 19.2 Å². The minimum absolute atomic E-state index is 0.0266. The zero-order chi connectivity index (χ0) is 19.6. The highest BCUT2D eigenvalue weighted by Crippen LogP contribution is 2.38. The van der Waals surface area contributed by atoms with E-state index in [0.29, 0.717) is 11.3 Å². The molecule has 2 atom stereocenters. The van der Waals surface area contributed by atoms with Crippen molar-refractivity contribution < 1.29 is 23.9 Å². The van der Waals surface area contributed by atoms with Crippen LogP contribution in [0.5, 0.6) is 0 Å². The summed E-state index contributed by atoms with van der Waals surface area (Å²) in [6.45, 7) is 1.90. The minimum atomic E-state index is -0.485. The van der Waals surface area contributed by atoms with Crippen molar-refractivity contribution in [3.8, 4) is 0 Å². The number of carbonyl (C=O) groups is 4. The number of amides is 3. The van der Waals surface area contributed by atoms with E-state index in [4.69, 9.17) is 0 Å². The van der Waals surface area contributed by atoms with Crippen LogP contribution in [0.25, 0.3) is 0 Å². The van der Waals surface area contributed by atoms with Crippen molar-refractivity contribution in [2.45, 2.75) is 39.0 Å². The predicted molar refractivity (Wildman–Crippen MR) is 97.9 cm³/mol. The molecule has 1 N–H and O–H groups in total. The standard InChI is InChI=1S/C20H24N2O5/c1-12-7-8-13(20(26)27-2)11-16(12)21-17(23)9-10-22-18(24)14-5-3-4-6-15(14)19(22)25/h7-8,11,14-15H,3-6,9-10H2,1-2H3,(H,21,23)/t14-,15-/m0/s1. The Kier molecular flexibility index (Phi) is 5.58. The number of methoxy groups -OCH3 is 1. The Hall–Kier alpha value is -2.70. The van der Waals surface area contributed by atoms with Crippen molar-refractivity contribution in [3.05, 3.63) is 29.3 Å². The molecule has 1 saturated heterocycles. The van der Waals surface area contributed by atoms with Crippen LogP contribution in [0, 0.1) is 18.8 Å². The molecule has 0 spiro atoms. The largest absolute Gasteiger partial charge is 0.465 e. The van der Waals surface area contributed by atoms with Crippen LogP contribution in [-0.4, -0.2) is 42.2 Å². The second-order valence-corrected chi connectivity index (χ2v) is 7.15. The number of hydrogen-bond donors (Lipinski definition) is 1. The molecule has 3 amide bonds. The summed E-state index contributed by atoms with van der Waals surface area (Å²) < 4.78 is 4.69. The maximum atomic E-state index is 12.4. The quantitative estimate of drug-likeness (QED) is 0.632. The van der Waals surface area contributed by atoms with E-state index in [0.717, 1.165) is 31.2 Å². The Morgan fingerprint density at radius 1 is 1.15 bits per heavy atom.